The van der Waals surface area contributed by atoms with Crippen LogP contribution >= 0.6 is 0 Å². The molecule has 0 saturated carbocycles. The molecular weight excluding hydrogens is 190 g/mol. The highest BCUT2D eigenvalue weighted by Crippen LogP contribution is 2.18. The van der Waals surface area contributed by atoms with E-state index in [0.29, 0.717) is 5.56 Å². The molecule has 0 unspecified atom stereocenters. The molecule has 2 aromatic rings. The van der Waals surface area contributed by atoms with Crippen LogP contribution in [0.1, 0.15) is 11.6 Å². The van der Waals surface area contributed by atoms with E-state index in [1.807, 2.05) is 36.4 Å². The van der Waals surface area contributed by atoms with Gasteiger partial charge in [-0.1, -0.05) is 36.4 Å². The summed E-state index contributed by atoms with van der Waals surface area (Å²) in [6, 6.07) is 12.5. The number of carbonyl (C=O) groups is 1. The molecular formula is C12H11NO2. The second kappa shape index (κ2) is 3.71. The van der Waals surface area contributed by atoms with E-state index < -0.39 is 12.0 Å². The highest BCUT2D eigenvalue weighted by atomic mass is 16.4. The summed E-state index contributed by atoms with van der Waals surface area (Å²) in [6.45, 7) is 0. The van der Waals surface area contributed by atoms with Gasteiger partial charge in [-0.25, -0.2) is 0 Å². The second-order valence-corrected chi connectivity index (χ2v) is 3.48. The third-order valence-electron chi connectivity index (χ3n) is 2.46. The second-order valence-electron chi connectivity index (χ2n) is 3.48. The fourth-order valence-corrected chi connectivity index (χ4v) is 1.56. The van der Waals surface area contributed by atoms with Gasteiger partial charge in [-0.2, -0.15) is 0 Å². The fraction of sp³-hybridized carbons (Fsp3) is 0.0833. The number of benzene rings is 2. The predicted octanol–water partition coefficient (Wildman–Crippen LogP) is -0.127. The molecule has 0 aliphatic rings. The summed E-state index contributed by atoms with van der Waals surface area (Å²) >= 11 is 0. The van der Waals surface area contributed by atoms with Crippen LogP contribution in [-0.2, 0) is 4.79 Å². The molecule has 76 valence electrons. The van der Waals surface area contributed by atoms with Crippen molar-refractivity contribution in [2.24, 2.45) is 0 Å². The molecule has 0 fully saturated rings. The Morgan fingerprint density at radius 1 is 1.13 bits per heavy atom. The molecule has 1 atom stereocenters. The first kappa shape index (κ1) is 9.68. The van der Waals surface area contributed by atoms with Crippen LogP contribution in [0.5, 0.6) is 0 Å². The van der Waals surface area contributed by atoms with Crippen molar-refractivity contribution in [1.82, 2.24) is 0 Å². The maximum Gasteiger partial charge on any atom is 0.150 e. The first-order valence-electron chi connectivity index (χ1n) is 4.71. The molecule has 3 N–H and O–H groups in total. The van der Waals surface area contributed by atoms with E-state index in [1.165, 1.54) is 0 Å². The summed E-state index contributed by atoms with van der Waals surface area (Å²) in [5.74, 6) is -1.15. The van der Waals surface area contributed by atoms with Crippen molar-refractivity contribution in [2.45, 2.75) is 6.04 Å². The maximum absolute atomic E-state index is 10.7. The zero-order valence-corrected chi connectivity index (χ0v) is 8.14. The highest BCUT2D eigenvalue weighted by Gasteiger charge is 2.10. The van der Waals surface area contributed by atoms with Gasteiger partial charge in [-0.15, -0.1) is 0 Å². The molecule has 0 amide bonds. The van der Waals surface area contributed by atoms with Gasteiger partial charge in [0.2, 0.25) is 0 Å². The van der Waals surface area contributed by atoms with Gasteiger partial charge in [0.15, 0.2) is 6.04 Å². The van der Waals surface area contributed by atoms with E-state index in [0.717, 1.165) is 10.8 Å². The molecule has 0 saturated heterocycles. The van der Waals surface area contributed by atoms with Crippen molar-refractivity contribution < 1.29 is 15.6 Å². The van der Waals surface area contributed by atoms with E-state index >= 15 is 0 Å². The van der Waals surface area contributed by atoms with Gasteiger partial charge in [0, 0.05) is 5.56 Å². The molecule has 0 bridgehead atoms. The number of carboxylic acids is 1. The third-order valence-corrected chi connectivity index (χ3v) is 2.46. The fourth-order valence-electron chi connectivity index (χ4n) is 1.56. The van der Waals surface area contributed by atoms with E-state index in [4.69, 9.17) is 0 Å². The molecule has 3 nitrogen and oxygen atoms in total. The number of carbonyl (C=O) groups excluding carboxylic acids is 1. The van der Waals surface area contributed by atoms with Crippen LogP contribution in [0, 0.1) is 0 Å². The van der Waals surface area contributed by atoms with Crippen molar-refractivity contribution in [3.63, 3.8) is 0 Å². The SMILES string of the molecule is [NH3+][C@H](C(=O)[O-])c1ccc2ccccc2c1. The lowest BCUT2D eigenvalue weighted by Gasteiger charge is -2.10. The van der Waals surface area contributed by atoms with Crippen LogP contribution in [0.3, 0.4) is 0 Å². The van der Waals surface area contributed by atoms with Gasteiger partial charge in [-0.3, -0.25) is 0 Å². The largest absolute Gasteiger partial charge is 0.544 e. The Balaban J connectivity index is 2.51. The number of carboxylic acid groups (broad SMARTS) is 1. The minimum atomic E-state index is -1.15. The lowest BCUT2D eigenvalue weighted by molar-refractivity contribution is -0.443. The average molecular weight is 201 g/mol. The quantitative estimate of drug-likeness (QED) is 0.735. The summed E-state index contributed by atoms with van der Waals surface area (Å²) in [4.78, 5) is 10.7. The number of hydrogen-bond acceptors (Lipinski definition) is 2. The topological polar surface area (TPSA) is 67.8 Å². The van der Waals surface area contributed by atoms with Crippen LogP contribution in [0.15, 0.2) is 42.5 Å². The van der Waals surface area contributed by atoms with E-state index in [-0.39, 0.29) is 0 Å². The van der Waals surface area contributed by atoms with Crippen molar-refractivity contribution in [2.75, 3.05) is 0 Å². The summed E-state index contributed by atoms with van der Waals surface area (Å²) in [5.41, 5.74) is 4.23. The van der Waals surface area contributed by atoms with Gasteiger partial charge in [-0.05, 0) is 16.8 Å². The minimum Gasteiger partial charge on any atom is -0.544 e. The zero-order chi connectivity index (χ0) is 10.8. The maximum atomic E-state index is 10.7. The number of hydrogen-bond donors (Lipinski definition) is 1. The predicted molar refractivity (Wildman–Crippen MR) is 54.6 cm³/mol. The normalized spacial score (nSPS) is 12.6. The number of aliphatic carboxylic acids is 1. The minimum absolute atomic E-state index is 0.675. The summed E-state index contributed by atoms with van der Waals surface area (Å²) in [7, 11) is 0. The first-order valence-corrected chi connectivity index (χ1v) is 4.71. The Kier molecular flexibility index (Phi) is 2.39. The Morgan fingerprint density at radius 2 is 1.80 bits per heavy atom. The Labute approximate surface area is 87.1 Å². The highest BCUT2D eigenvalue weighted by molar-refractivity contribution is 5.84. The monoisotopic (exact) mass is 201 g/mol. The van der Waals surface area contributed by atoms with Crippen molar-refractivity contribution in [1.29, 1.82) is 0 Å². The number of rotatable bonds is 2. The number of fused-ring (bicyclic) bond motifs is 1. The van der Waals surface area contributed by atoms with Gasteiger partial charge < -0.3 is 15.6 Å². The van der Waals surface area contributed by atoms with Crippen LogP contribution in [0.4, 0.5) is 0 Å². The Hall–Kier alpha value is -1.87. The molecule has 0 radical (unpaired) electrons. The van der Waals surface area contributed by atoms with Gasteiger partial charge in [0.25, 0.3) is 0 Å². The lowest BCUT2D eigenvalue weighted by Crippen LogP contribution is -2.61. The molecule has 0 spiro atoms. The van der Waals surface area contributed by atoms with Gasteiger partial charge in [0.1, 0.15) is 5.97 Å². The smallest absolute Gasteiger partial charge is 0.150 e. The van der Waals surface area contributed by atoms with Crippen molar-refractivity contribution in [3.05, 3.63) is 48.0 Å². The molecule has 2 rings (SSSR count). The zero-order valence-electron chi connectivity index (χ0n) is 8.14. The average Bonchev–Trinajstić information content (AvgIpc) is 2.27. The Bertz CT molecular complexity index is 508. The molecule has 0 aliphatic carbocycles. The Morgan fingerprint density at radius 3 is 2.47 bits per heavy atom. The first-order chi connectivity index (χ1) is 7.18. The van der Waals surface area contributed by atoms with E-state index in [2.05, 4.69) is 5.73 Å². The van der Waals surface area contributed by atoms with Gasteiger partial charge in [0.05, 0.1) is 0 Å². The van der Waals surface area contributed by atoms with Crippen molar-refractivity contribution >= 4 is 16.7 Å². The van der Waals surface area contributed by atoms with Gasteiger partial charge >= 0.3 is 0 Å². The summed E-state index contributed by atoms with van der Waals surface area (Å²) < 4.78 is 0. The van der Waals surface area contributed by atoms with Crippen LogP contribution in [0.2, 0.25) is 0 Å². The molecule has 0 aliphatic heterocycles. The molecule has 3 heteroatoms. The molecule has 0 aromatic heterocycles. The lowest BCUT2D eigenvalue weighted by atomic mass is 10.0. The van der Waals surface area contributed by atoms with Crippen molar-refractivity contribution in [3.8, 4) is 0 Å². The van der Waals surface area contributed by atoms with E-state index in [9.17, 15) is 9.90 Å². The van der Waals surface area contributed by atoms with Crippen LogP contribution in [-0.4, -0.2) is 5.97 Å². The standard InChI is InChI=1S/C12H11NO2/c13-11(12(14)15)10-6-5-8-3-1-2-4-9(8)7-10/h1-7,11H,13H2,(H,14,15)/t11-/m0/s1. The van der Waals surface area contributed by atoms with Crippen LogP contribution < -0.4 is 10.8 Å². The third kappa shape index (κ3) is 1.82. The number of quaternary nitrogens is 1. The van der Waals surface area contributed by atoms with E-state index in [1.54, 1.807) is 6.07 Å². The molecule has 2 aromatic carbocycles. The summed E-state index contributed by atoms with van der Waals surface area (Å²) in [6.07, 6.45) is 0. The molecule has 0 heterocycles. The molecule has 15 heavy (non-hydrogen) atoms. The summed E-state index contributed by atoms with van der Waals surface area (Å²) in [5, 5.41) is 12.8. The van der Waals surface area contributed by atoms with Crippen LogP contribution in [0.25, 0.3) is 10.8 Å².